The summed E-state index contributed by atoms with van der Waals surface area (Å²) in [6.45, 7) is 2.48. The number of aryl methyl sites for hydroxylation is 1. The van der Waals surface area contributed by atoms with Crippen LogP contribution in [0.25, 0.3) is 0 Å². The van der Waals surface area contributed by atoms with Crippen molar-refractivity contribution in [3.8, 4) is 0 Å². The van der Waals surface area contributed by atoms with E-state index >= 15 is 0 Å². The number of rotatable bonds is 3. The van der Waals surface area contributed by atoms with Crippen LogP contribution < -0.4 is 11.5 Å². The molecule has 1 aromatic carbocycles. The molecular weight excluding hydrogens is 278 g/mol. The highest BCUT2D eigenvalue weighted by atomic mass is 32.2. The number of carbonyl (C=O) groups is 1. The van der Waals surface area contributed by atoms with Crippen molar-refractivity contribution in [1.29, 1.82) is 0 Å². The van der Waals surface area contributed by atoms with Gasteiger partial charge in [-0.05, 0) is 37.5 Å². The van der Waals surface area contributed by atoms with E-state index in [0.29, 0.717) is 18.7 Å². The summed E-state index contributed by atoms with van der Waals surface area (Å²) >= 11 is 0. The highest BCUT2D eigenvalue weighted by molar-refractivity contribution is 7.89. The first-order valence-electron chi connectivity index (χ1n) is 6.48. The average molecular weight is 297 g/mol. The minimum absolute atomic E-state index is 0.0889. The van der Waals surface area contributed by atoms with E-state index in [1.165, 1.54) is 16.4 Å². The topological polar surface area (TPSA) is 106 Å². The minimum Gasteiger partial charge on any atom is -0.366 e. The Bertz CT molecular complexity index is 628. The van der Waals surface area contributed by atoms with Crippen LogP contribution in [-0.4, -0.2) is 37.8 Å². The fraction of sp³-hybridized carbons (Fsp3) is 0.462. The molecule has 1 aliphatic rings. The van der Waals surface area contributed by atoms with Gasteiger partial charge in [0.15, 0.2) is 0 Å². The molecule has 2 rings (SSSR count). The van der Waals surface area contributed by atoms with Crippen LogP contribution in [0.4, 0.5) is 0 Å². The summed E-state index contributed by atoms with van der Waals surface area (Å²) in [5.41, 5.74) is 12.0. The lowest BCUT2D eigenvalue weighted by Crippen LogP contribution is -2.45. The van der Waals surface area contributed by atoms with Gasteiger partial charge in [0.2, 0.25) is 15.9 Å². The lowest BCUT2D eigenvalue weighted by atomic mass is 10.1. The van der Waals surface area contributed by atoms with Crippen molar-refractivity contribution in [1.82, 2.24) is 4.31 Å². The fourth-order valence-electron chi connectivity index (χ4n) is 2.37. The summed E-state index contributed by atoms with van der Waals surface area (Å²) in [4.78, 5) is 11.4. The van der Waals surface area contributed by atoms with Gasteiger partial charge in [-0.2, -0.15) is 4.31 Å². The predicted molar refractivity (Wildman–Crippen MR) is 75.7 cm³/mol. The third kappa shape index (κ3) is 2.84. The molecule has 110 valence electrons. The van der Waals surface area contributed by atoms with Gasteiger partial charge >= 0.3 is 0 Å². The molecule has 1 amide bonds. The smallest absolute Gasteiger partial charge is 0.249 e. The molecule has 1 saturated heterocycles. The molecule has 20 heavy (non-hydrogen) atoms. The highest BCUT2D eigenvalue weighted by Gasteiger charge is 2.29. The van der Waals surface area contributed by atoms with Gasteiger partial charge in [-0.25, -0.2) is 8.42 Å². The van der Waals surface area contributed by atoms with Crippen molar-refractivity contribution in [3.05, 3.63) is 29.3 Å². The SMILES string of the molecule is Cc1ccc(S(=O)(=O)N2CCC[C@@H](N)C2)cc1C(N)=O. The van der Waals surface area contributed by atoms with Crippen molar-refractivity contribution >= 4 is 15.9 Å². The molecule has 7 heteroatoms. The lowest BCUT2D eigenvalue weighted by Gasteiger charge is -2.30. The normalized spacial score (nSPS) is 20.8. The summed E-state index contributed by atoms with van der Waals surface area (Å²) in [7, 11) is -3.62. The van der Waals surface area contributed by atoms with Gasteiger partial charge < -0.3 is 11.5 Å². The second kappa shape index (κ2) is 5.51. The Kier molecular flexibility index (Phi) is 4.12. The maximum Gasteiger partial charge on any atom is 0.249 e. The largest absolute Gasteiger partial charge is 0.366 e. The Labute approximate surface area is 118 Å². The zero-order chi connectivity index (χ0) is 14.9. The van der Waals surface area contributed by atoms with Crippen LogP contribution in [0.15, 0.2) is 23.1 Å². The standard InChI is InChI=1S/C13H19N3O3S/c1-9-4-5-11(7-12(9)13(15)17)20(18,19)16-6-2-3-10(14)8-16/h4-5,7,10H,2-3,6,8,14H2,1H3,(H2,15,17)/t10-/m1/s1. The fourth-order valence-corrected chi connectivity index (χ4v) is 3.93. The third-order valence-corrected chi connectivity index (χ3v) is 5.39. The molecule has 0 spiro atoms. The Morgan fingerprint density at radius 2 is 2.10 bits per heavy atom. The molecule has 4 N–H and O–H groups in total. The summed E-state index contributed by atoms with van der Waals surface area (Å²) in [6, 6.07) is 4.29. The van der Waals surface area contributed by atoms with Crippen molar-refractivity contribution in [2.45, 2.75) is 30.7 Å². The first kappa shape index (κ1) is 15.0. The molecule has 1 aromatic rings. The maximum atomic E-state index is 12.5. The number of nitrogens with zero attached hydrogens (tertiary/aromatic N) is 1. The van der Waals surface area contributed by atoms with Crippen LogP contribution in [0.2, 0.25) is 0 Å². The van der Waals surface area contributed by atoms with E-state index in [1.807, 2.05) is 0 Å². The molecule has 0 unspecified atom stereocenters. The first-order valence-corrected chi connectivity index (χ1v) is 7.92. The van der Waals surface area contributed by atoms with Gasteiger partial charge in [0.25, 0.3) is 0 Å². The molecule has 0 radical (unpaired) electrons. The van der Waals surface area contributed by atoms with E-state index in [4.69, 9.17) is 11.5 Å². The van der Waals surface area contributed by atoms with Gasteiger partial charge in [0.05, 0.1) is 4.90 Å². The zero-order valence-electron chi connectivity index (χ0n) is 11.4. The van der Waals surface area contributed by atoms with Gasteiger partial charge in [-0.3, -0.25) is 4.79 Å². The monoisotopic (exact) mass is 297 g/mol. The van der Waals surface area contributed by atoms with Crippen molar-refractivity contribution in [2.75, 3.05) is 13.1 Å². The van der Waals surface area contributed by atoms with Crippen LogP contribution in [-0.2, 0) is 10.0 Å². The Balaban J connectivity index is 2.39. The van der Waals surface area contributed by atoms with Crippen LogP contribution in [0, 0.1) is 6.92 Å². The molecule has 1 fully saturated rings. The predicted octanol–water partition coefficient (Wildman–Crippen LogP) is 0.206. The Morgan fingerprint density at radius 3 is 2.70 bits per heavy atom. The van der Waals surface area contributed by atoms with E-state index in [2.05, 4.69) is 0 Å². The van der Waals surface area contributed by atoms with E-state index in [1.54, 1.807) is 13.0 Å². The van der Waals surface area contributed by atoms with Crippen LogP contribution in [0.1, 0.15) is 28.8 Å². The molecule has 0 bridgehead atoms. The average Bonchev–Trinajstić information content (AvgIpc) is 2.38. The Morgan fingerprint density at radius 1 is 1.40 bits per heavy atom. The van der Waals surface area contributed by atoms with Gasteiger partial charge in [0, 0.05) is 24.7 Å². The minimum atomic E-state index is -3.62. The van der Waals surface area contributed by atoms with E-state index < -0.39 is 15.9 Å². The van der Waals surface area contributed by atoms with Crippen LogP contribution in [0.5, 0.6) is 0 Å². The number of piperidine rings is 1. The van der Waals surface area contributed by atoms with Gasteiger partial charge in [-0.1, -0.05) is 6.07 Å². The van der Waals surface area contributed by atoms with Crippen molar-refractivity contribution in [3.63, 3.8) is 0 Å². The van der Waals surface area contributed by atoms with E-state index in [-0.39, 0.29) is 16.5 Å². The number of carbonyl (C=O) groups excluding carboxylic acids is 1. The molecule has 1 aliphatic heterocycles. The molecule has 1 heterocycles. The molecule has 6 nitrogen and oxygen atoms in total. The van der Waals surface area contributed by atoms with Crippen LogP contribution in [0.3, 0.4) is 0 Å². The number of sulfonamides is 1. The number of amides is 1. The number of primary amides is 1. The molecule has 0 aliphatic carbocycles. The van der Waals surface area contributed by atoms with Gasteiger partial charge in [-0.15, -0.1) is 0 Å². The van der Waals surface area contributed by atoms with Crippen molar-refractivity contribution in [2.24, 2.45) is 11.5 Å². The second-order valence-corrected chi connectivity index (χ2v) is 7.04. The quantitative estimate of drug-likeness (QED) is 0.831. The summed E-state index contributed by atoms with van der Waals surface area (Å²) < 4.78 is 26.4. The number of benzene rings is 1. The Hall–Kier alpha value is -1.44. The molecule has 1 atom stereocenters. The molecular formula is C13H19N3O3S. The third-order valence-electron chi connectivity index (χ3n) is 3.53. The molecule has 0 saturated carbocycles. The maximum absolute atomic E-state index is 12.5. The highest BCUT2D eigenvalue weighted by Crippen LogP contribution is 2.22. The summed E-state index contributed by atoms with van der Waals surface area (Å²) in [5.74, 6) is -0.630. The number of hydrogen-bond acceptors (Lipinski definition) is 4. The van der Waals surface area contributed by atoms with E-state index in [0.717, 1.165) is 12.8 Å². The summed E-state index contributed by atoms with van der Waals surface area (Å²) in [6.07, 6.45) is 1.57. The number of nitrogens with two attached hydrogens (primary N) is 2. The molecule has 0 aromatic heterocycles. The lowest BCUT2D eigenvalue weighted by molar-refractivity contribution is 0.0999. The van der Waals surface area contributed by atoms with E-state index in [9.17, 15) is 13.2 Å². The van der Waals surface area contributed by atoms with Crippen molar-refractivity contribution < 1.29 is 13.2 Å². The van der Waals surface area contributed by atoms with Crippen LogP contribution >= 0.6 is 0 Å². The summed E-state index contributed by atoms with van der Waals surface area (Å²) in [5, 5.41) is 0. The van der Waals surface area contributed by atoms with Gasteiger partial charge in [0.1, 0.15) is 0 Å². The number of hydrogen-bond donors (Lipinski definition) is 2. The first-order chi connectivity index (χ1) is 9.32. The zero-order valence-corrected chi connectivity index (χ0v) is 12.2. The second-order valence-electron chi connectivity index (χ2n) is 5.11.